The Kier molecular flexibility index (Phi) is 3.89. The fraction of sp³-hybridized carbons (Fsp3) is 0.692. The molecule has 2 aliphatic carbocycles. The minimum absolute atomic E-state index is 0.0128. The molecule has 1 N–H and O–H groups in total. The van der Waals surface area contributed by atoms with Crippen molar-refractivity contribution >= 4 is 12.0 Å². The molecule has 2 amide bonds. The van der Waals surface area contributed by atoms with Crippen molar-refractivity contribution in [3.8, 4) is 0 Å². The van der Waals surface area contributed by atoms with E-state index in [-0.39, 0.29) is 18.5 Å². The molecule has 0 atom stereocenters. The largest absolute Gasteiger partial charge is 0.481 e. The molecule has 5 heteroatoms. The zero-order valence-electron chi connectivity index (χ0n) is 10.5. The van der Waals surface area contributed by atoms with Crippen LogP contribution in [0.2, 0.25) is 0 Å². The number of rotatable bonds is 7. The molecule has 0 aliphatic heterocycles. The molecule has 100 valence electrons. The van der Waals surface area contributed by atoms with Gasteiger partial charge >= 0.3 is 12.0 Å². The molecular formula is C13H20N2O3. The van der Waals surface area contributed by atoms with Crippen LogP contribution in [0.1, 0.15) is 32.1 Å². The number of carboxylic acids is 1. The molecule has 18 heavy (non-hydrogen) atoms. The van der Waals surface area contributed by atoms with Crippen molar-refractivity contribution in [2.24, 2.45) is 0 Å². The van der Waals surface area contributed by atoms with Gasteiger partial charge in [-0.15, -0.1) is 6.58 Å². The maximum Gasteiger partial charge on any atom is 0.320 e. The molecule has 0 bridgehead atoms. The quantitative estimate of drug-likeness (QED) is 0.701. The molecule has 0 aromatic rings. The zero-order chi connectivity index (χ0) is 13.1. The van der Waals surface area contributed by atoms with Gasteiger partial charge in [0.15, 0.2) is 0 Å². The minimum atomic E-state index is -0.852. The van der Waals surface area contributed by atoms with Crippen molar-refractivity contribution in [2.45, 2.75) is 44.2 Å². The van der Waals surface area contributed by atoms with Crippen LogP contribution in [0, 0.1) is 0 Å². The first-order valence-corrected chi connectivity index (χ1v) is 6.53. The number of carbonyl (C=O) groups excluding carboxylic acids is 1. The van der Waals surface area contributed by atoms with Crippen molar-refractivity contribution in [3.63, 3.8) is 0 Å². The number of urea groups is 1. The zero-order valence-corrected chi connectivity index (χ0v) is 10.5. The van der Waals surface area contributed by atoms with Crippen LogP contribution < -0.4 is 0 Å². The summed E-state index contributed by atoms with van der Waals surface area (Å²) in [6.07, 6.45) is 5.86. The molecule has 2 rings (SSSR count). The van der Waals surface area contributed by atoms with Crippen molar-refractivity contribution in [2.75, 3.05) is 13.1 Å². The molecule has 2 fully saturated rings. The van der Waals surface area contributed by atoms with Crippen LogP contribution in [0.25, 0.3) is 0 Å². The van der Waals surface area contributed by atoms with Gasteiger partial charge in [0.2, 0.25) is 0 Å². The van der Waals surface area contributed by atoms with E-state index in [2.05, 4.69) is 6.58 Å². The first kappa shape index (κ1) is 12.9. The molecule has 0 unspecified atom stereocenters. The SMILES string of the molecule is C=CCN(C(=O)N(CCC(=O)O)C1CC1)C1CC1. The second kappa shape index (κ2) is 5.42. The van der Waals surface area contributed by atoms with Crippen molar-refractivity contribution in [1.29, 1.82) is 0 Å². The average molecular weight is 252 g/mol. The number of carbonyl (C=O) groups is 2. The van der Waals surface area contributed by atoms with Crippen molar-refractivity contribution in [1.82, 2.24) is 9.80 Å². The molecule has 0 heterocycles. The minimum Gasteiger partial charge on any atom is -0.481 e. The van der Waals surface area contributed by atoms with Gasteiger partial charge in [-0.2, -0.15) is 0 Å². The highest BCUT2D eigenvalue weighted by Crippen LogP contribution is 2.32. The molecule has 0 saturated heterocycles. The van der Waals surface area contributed by atoms with Crippen LogP contribution >= 0.6 is 0 Å². The number of aliphatic carboxylic acids is 1. The van der Waals surface area contributed by atoms with Crippen LogP contribution in [0.3, 0.4) is 0 Å². The molecule has 0 aromatic heterocycles. The maximum absolute atomic E-state index is 12.4. The summed E-state index contributed by atoms with van der Waals surface area (Å²) in [6.45, 7) is 4.55. The van der Waals surface area contributed by atoms with Gasteiger partial charge in [-0.25, -0.2) is 4.79 Å². The van der Waals surface area contributed by atoms with Crippen LogP contribution in [0.4, 0.5) is 4.79 Å². The Balaban J connectivity index is 1.96. The summed E-state index contributed by atoms with van der Waals surface area (Å²) in [5.41, 5.74) is 0. The first-order chi connectivity index (χ1) is 8.63. The molecule has 5 nitrogen and oxygen atoms in total. The average Bonchev–Trinajstić information content (AvgIpc) is 3.14. The monoisotopic (exact) mass is 252 g/mol. The third-order valence-corrected chi connectivity index (χ3v) is 3.36. The van der Waals surface area contributed by atoms with E-state index in [4.69, 9.17) is 5.11 Å². The molecule has 2 aliphatic rings. The summed E-state index contributed by atoms with van der Waals surface area (Å²) in [6, 6.07) is 0.575. The molecular weight excluding hydrogens is 232 g/mol. The van der Waals surface area contributed by atoms with Crippen LogP contribution in [-0.2, 0) is 4.79 Å². The number of hydrogen-bond acceptors (Lipinski definition) is 2. The third kappa shape index (κ3) is 3.24. The van der Waals surface area contributed by atoms with Gasteiger partial charge in [0, 0.05) is 25.2 Å². The smallest absolute Gasteiger partial charge is 0.320 e. The fourth-order valence-corrected chi connectivity index (χ4v) is 2.11. The van der Waals surface area contributed by atoms with Crippen LogP contribution in [0.15, 0.2) is 12.7 Å². The highest BCUT2D eigenvalue weighted by molar-refractivity contribution is 5.77. The molecule has 2 saturated carbocycles. The molecule has 0 radical (unpaired) electrons. The predicted molar refractivity (Wildman–Crippen MR) is 67.3 cm³/mol. The Morgan fingerprint density at radius 1 is 1.17 bits per heavy atom. The standard InChI is InChI=1S/C13H20N2O3/c1-2-8-14(10-3-4-10)13(18)15(11-5-6-11)9-7-12(16)17/h2,10-11H,1,3-9H2,(H,16,17). The van der Waals surface area contributed by atoms with Crippen molar-refractivity contribution < 1.29 is 14.7 Å². The van der Waals surface area contributed by atoms with E-state index in [1.807, 2.05) is 4.90 Å². The topological polar surface area (TPSA) is 60.9 Å². The lowest BCUT2D eigenvalue weighted by Gasteiger charge is -2.30. The highest BCUT2D eigenvalue weighted by atomic mass is 16.4. The van der Waals surface area contributed by atoms with E-state index < -0.39 is 5.97 Å². The second-order valence-corrected chi connectivity index (χ2v) is 5.02. The summed E-state index contributed by atoms with van der Waals surface area (Å²) in [5, 5.41) is 8.74. The van der Waals surface area contributed by atoms with Gasteiger partial charge < -0.3 is 14.9 Å². The van der Waals surface area contributed by atoms with E-state index in [9.17, 15) is 9.59 Å². The van der Waals surface area contributed by atoms with Crippen LogP contribution in [0.5, 0.6) is 0 Å². The number of carboxylic acid groups (broad SMARTS) is 1. The summed E-state index contributed by atoms with van der Waals surface area (Å²) in [4.78, 5) is 26.6. The van der Waals surface area contributed by atoms with Crippen LogP contribution in [-0.4, -0.2) is 52.1 Å². The third-order valence-electron chi connectivity index (χ3n) is 3.36. The lowest BCUT2D eigenvalue weighted by Crippen LogP contribution is -2.46. The Hall–Kier alpha value is -1.52. The number of nitrogens with zero attached hydrogens (tertiary/aromatic N) is 2. The summed E-state index contributed by atoms with van der Waals surface area (Å²) in [5.74, 6) is -0.852. The maximum atomic E-state index is 12.4. The number of hydrogen-bond donors (Lipinski definition) is 1. The van der Waals surface area contributed by atoms with Gasteiger partial charge in [0.25, 0.3) is 0 Å². The summed E-state index contributed by atoms with van der Waals surface area (Å²) >= 11 is 0. The van der Waals surface area contributed by atoms with Gasteiger partial charge in [-0.1, -0.05) is 6.08 Å². The number of amides is 2. The van der Waals surface area contributed by atoms with Crippen molar-refractivity contribution in [3.05, 3.63) is 12.7 Å². The van der Waals surface area contributed by atoms with E-state index in [0.717, 1.165) is 25.7 Å². The lowest BCUT2D eigenvalue weighted by molar-refractivity contribution is -0.137. The van der Waals surface area contributed by atoms with Gasteiger partial charge in [-0.3, -0.25) is 4.79 Å². The molecule has 0 aromatic carbocycles. The first-order valence-electron chi connectivity index (χ1n) is 6.53. The highest BCUT2D eigenvalue weighted by Gasteiger charge is 2.39. The second-order valence-electron chi connectivity index (χ2n) is 5.02. The van der Waals surface area contributed by atoms with Gasteiger partial charge in [-0.05, 0) is 25.7 Å². The Morgan fingerprint density at radius 2 is 1.72 bits per heavy atom. The Morgan fingerprint density at radius 3 is 2.17 bits per heavy atom. The van der Waals surface area contributed by atoms with E-state index in [0.29, 0.717) is 19.1 Å². The lowest BCUT2D eigenvalue weighted by atomic mass is 10.3. The van der Waals surface area contributed by atoms with E-state index in [1.165, 1.54) is 0 Å². The summed E-state index contributed by atoms with van der Waals surface area (Å²) < 4.78 is 0. The van der Waals surface area contributed by atoms with Gasteiger partial charge in [0.1, 0.15) is 0 Å². The normalized spacial score (nSPS) is 18.2. The molecule has 0 spiro atoms. The Labute approximate surface area is 107 Å². The van der Waals surface area contributed by atoms with Gasteiger partial charge in [0.05, 0.1) is 6.42 Å². The van der Waals surface area contributed by atoms with E-state index >= 15 is 0 Å². The summed E-state index contributed by atoms with van der Waals surface area (Å²) in [7, 11) is 0. The predicted octanol–water partition coefficient (Wildman–Crippen LogP) is 1.70. The Bertz CT molecular complexity index is 348. The van der Waals surface area contributed by atoms with E-state index in [1.54, 1.807) is 11.0 Å². The fourth-order valence-electron chi connectivity index (χ4n) is 2.11.